The van der Waals surface area contributed by atoms with Gasteiger partial charge in [0.25, 0.3) is 0 Å². The number of aryl methyl sites for hydroxylation is 1. The Labute approximate surface area is 191 Å². The van der Waals surface area contributed by atoms with E-state index in [0.717, 1.165) is 11.1 Å². The fraction of sp³-hybridized carbons (Fsp3) is 0.360. The number of nitrogens with zero attached hydrogens (tertiary/aromatic N) is 1. The monoisotopic (exact) mass is 447 g/mol. The van der Waals surface area contributed by atoms with Crippen LogP contribution in [0.4, 0.5) is 5.69 Å². The number of nitrogens with one attached hydrogen (secondary N) is 2. The van der Waals surface area contributed by atoms with Gasteiger partial charge in [0.2, 0.25) is 17.7 Å². The van der Waals surface area contributed by atoms with Crippen molar-refractivity contribution in [1.82, 2.24) is 10.2 Å². The molecule has 3 heterocycles. The summed E-state index contributed by atoms with van der Waals surface area (Å²) in [5.41, 5.74) is 1.78. The second kappa shape index (κ2) is 7.81. The molecule has 8 nitrogen and oxygen atoms in total. The van der Waals surface area contributed by atoms with Gasteiger partial charge in [0.05, 0.1) is 11.8 Å². The van der Waals surface area contributed by atoms with Crippen LogP contribution in [0.3, 0.4) is 0 Å². The first kappa shape index (κ1) is 21.3. The van der Waals surface area contributed by atoms with Crippen LogP contribution in [-0.2, 0) is 31.1 Å². The number of amides is 3. The number of carboxylic acids is 1. The lowest BCUT2D eigenvalue weighted by atomic mass is 9.76. The number of carbonyl (C=O) groups is 4. The second-order valence-electron chi connectivity index (χ2n) is 9.01. The number of fused-ring (bicyclic) bond motifs is 4. The average Bonchev–Trinajstić information content (AvgIpc) is 3.38. The molecule has 33 heavy (non-hydrogen) atoms. The average molecular weight is 447 g/mol. The Morgan fingerprint density at radius 2 is 1.82 bits per heavy atom. The summed E-state index contributed by atoms with van der Waals surface area (Å²) >= 11 is 0. The molecular weight excluding hydrogens is 422 g/mol. The SMILES string of the molecule is Cc1cccc2c1NC(=O)[C@]21N[C@@H](CCC(=O)O)[C@H]2C(=O)N(CCc3ccccc3)C(=O)[C@@H]21. The molecule has 3 aliphatic heterocycles. The standard InChI is InChI=1S/C25H25N3O5/c1-14-6-5-9-16-21(14)26-24(33)25(16)20-19(17(27-25)10-11-18(29)30)22(31)28(23(20)32)13-12-15-7-3-2-4-8-15/h2-9,17,19-20,27H,10-13H2,1H3,(H,26,33)(H,29,30)/t17-,19+,20+,25-/m0/s1. The first-order chi connectivity index (χ1) is 15.8. The van der Waals surface area contributed by atoms with Gasteiger partial charge in [-0.25, -0.2) is 0 Å². The Balaban J connectivity index is 1.53. The third-order valence-electron chi connectivity index (χ3n) is 7.19. The van der Waals surface area contributed by atoms with Gasteiger partial charge >= 0.3 is 5.97 Å². The Morgan fingerprint density at radius 1 is 1.06 bits per heavy atom. The van der Waals surface area contributed by atoms with Crippen molar-refractivity contribution in [2.75, 3.05) is 11.9 Å². The number of aliphatic carboxylic acids is 1. The number of rotatable bonds is 6. The zero-order valence-corrected chi connectivity index (χ0v) is 18.2. The molecule has 170 valence electrons. The lowest BCUT2D eigenvalue weighted by molar-refractivity contribution is -0.143. The molecule has 0 aliphatic carbocycles. The zero-order chi connectivity index (χ0) is 23.3. The van der Waals surface area contributed by atoms with Crippen LogP contribution in [0.5, 0.6) is 0 Å². The van der Waals surface area contributed by atoms with E-state index in [1.54, 1.807) is 6.07 Å². The van der Waals surface area contributed by atoms with E-state index in [9.17, 15) is 24.3 Å². The van der Waals surface area contributed by atoms with Crippen LogP contribution >= 0.6 is 0 Å². The first-order valence-electron chi connectivity index (χ1n) is 11.1. The highest BCUT2D eigenvalue weighted by Crippen LogP contribution is 2.54. The number of hydrogen-bond acceptors (Lipinski definition) is 5. The van der Waals surface area contributed by atoms with Gasteiger partial charge in [-0.3, -0.25) is 29.4 Å². The van der Waals surface area contributed by atoms with Crippen LogP contribution in [0.25, 0.3) is 0 Å². The van der Waals surface area contributed by atoms with Gasteiger partial charge in [0, 0.05) is 30.3 Å². The van der Waals surface area contributed by atoms with Crippen molar-refractivity contribution in [1.29, 1.82) is 0 Å². The third kappa shape index (κ3) is 3.16. The van der Waals surface area contributed by atoms with Crippen molar-refractivity contribution in [3.63, 3.8) is 0 Å². The number of anilines is 1. The molecule has 4 atom stereocenters. The minimum atomic E-state index is -1.39. The van der Waals surface area contributed by atoms with Crippen LogP contribution in [-0.4, -0.2) is 46.3 Å². The van der Waals surface area contributed by atoms with Crippen LogP contribution in [0.2, 0.25) is 0 Å². The predicted molar refractivity (Wildman–Crippen MR) is 119 cm³/mol. The molecule has 8 heteroatoms. The summed E-state index contributed by atoms with van der Waals surface area (Å²) in [5.74, 6) is -3.78. The highest BCUT2D eigenvalue weighted by atomic mass is 16.4. The van der Waals surface area contributed by atoms with Gasteiger partial charge in [-0.15, -0.1) is 0 Å². The quantitative estimate of drug-likeness (QED) is 0.582. The molecule has 3 aliphatic rings. The Kier molecular flexibility index (Phi) is 5.05. The summed E-state index contributed by atoms with van der Waals surface area (Å²) in [5, 5.41) is 15.4. The zero-order valence-electron chi connectivity index (χ0n) is 18.2. The van der Waals surface area contributed by atoms with E-state index in [0.29, 0.717) is 17.7 Å². The Morgan fingerprint density at radius 3 is 2.55 bits per heavy atom. The molecule has 2 fully saturated rings. The Hall–Kier alpha value is -3.52. The van der Waals surface area contributed by atoms with Gasteiger partial charge in [-0.1, -0.05) is 48.5 Å². The lowest BCUT2D eigenvalue weighted by Crippen LogP contribution is -2.53. The molecule has 0 bridgehead atoms. The summed E-state index contributed by atoms with van der Waals surface area (Å²) in [4.78, 5) is 53.1. The van der Waals surface area contributed by atoms with Gasteiger partial charge in [0.15, 0.2) is 0 Å². The van der Waals surface area contributed by atoms with Gasteiger partial charge in [-0.2, -0.15) is 0 Å². The fourth-order valence-corrected chi connectivity index (χ4v) is 5.67. The van der Waals surface area contributed by atoms with Crippen molar-refractivity contribution in [2.24, 2.45) is 11.8 Å². The molecule has 5 rings (SSSR count). The maximum absolute atomic E-state index is 13.7. The van der Waals surface area contributed by atoms with E-state index in [2.05, 4.69) is 10.6 Å². The van der Waals surface area contributed by atoms with E-state index in [4.69, 9.17) is 0 Å². The smallest absolute Gasteiger partial charge is 0.303 e. The first-order valence-corrected chi connectivity index (χ1v) is 11.1. The molecule has 2 aromatic carbocycles. The van der Waals surface area contributed by atoms with Gasteiger partial charge in [0.1, 0.15) is 5.54 Å². The number of hydrogen-bond donors (Lipinski definition) is 3. The van der Waals surface area contributed by atoms with E-state index in [1.807, 2.05) is 49.4 Å². The van der Waals surface area contributed by atoms with Crippen molar-refractivity contribution in [3.05, 3.63) is 65.2 Å². The number of likely N-dealkylation sites (tertiary alicyclic amines) is 1. The maximum Gasteiger partial charge on any atom is 0.303 e. The van der Waals surface area contributed by atoms with Crippen LogP contribution in [0.1, 0.15) is 29.5 Å². The van der Waals surface area contributed by atoms with Crippen LogP contribution < -0.4 is 10.6 Å². The highest BCUT2D eigenvalue weighted by molar-refractivity contribution is 6.15. The molecule has 0 unspecified atom stereocenters. The predicted octanol–water partition coefficient (Wildman–Crippen LogP) is 1.82. The molecule has 1 spiro atoms. The topological polar surface area (TPSA) is 116 Å². The van der Waals surface area contributed by atoms with E-state index < -0.39 is 29.4 Å². The number of carboxylic acid groups (broad SMARTS) is 1. The fourth-order valence-electron chi connectivity index (χ4n) is 5.67. The molecule has 0 radical (unpaired) electrons. The summed E-state index contributed by atoms with van der Waals surface area (Å²) in [6, 6.07) is 14.5. The van der Waals surface area contributed by atoms with Crippen molar-refractivity contribution in [2.45, 2.75) is 37.8 Å². The minimum Gasteiger partial charge on any atom is -0.481 e. The van der Waals surface area contributed by atoms with Crippen LogP contribution in [0, 0.1) is 18.8 Å². The van der Waals surface area contributed by atoms with E-state index >= 15 is 0 Å². The number of benzene rings is 2. The van der Waals surface area contributed by atoms with Crippen molar-refractivity contribution in [3.8, 4) is 0 Å². The summed E-state index contributed by atoms with van der Waals surface area (Å²) in [7, 11) is 0. The van der Waals surface area contributed by atoms with Crippen molar-refractivity contribution < 1.29 is 24.3 Å². The lowest BCUT2D eigenvalue weighted by Gasteiger charge is -2.29. The summed E-state index contributed by atoms with van der Waals surface area (Å²) in [6.45, 7) is 2.10. The number of imide groups is 1. The summed E-state index contributed by atoms with van der Waals surface area (Å²) < 4.78 is 0. The number of carbonyl (C=O) groups excluding carboxylic acids is 3. The van der Waals surface area contributed by atoms with Crippen molar-refractivity contribution >= 4 is 29.4 Å². The second-order valence-corrected chi connectivity index (χ2v) is 9.01. The minimum absolute atomic E-state index is 0.151. The van der Waals surface area contributed by atoms with Gasteiger partial charge in [-0.05, 0) is 30.9 Å². The summed E-state index contributed by atoms with van der Waals surface area (Å²) in [6.07, 6.45) is 0.503. The normalized spacial score (nSPS) is 27.7. The Bertz CT molecular complexity index is 1160. The van der Waals surface area contributed by atoms with E-state index in [1.165, 1.54) is 4.90 Å². The molecule has 0 saturated carbocycles. The molecular formula is C25H25N3O5. The molecule has 3 amide bonds. The number of para-hydroxylation sites is 1. The largest absolute Gasteiger partial charge is 0.481 e. The highest BCUT2D eigenvalue weighted by Gasteiger charge is 2.70. The van der Waals surface area contributed by atoms with Gasteiger partial charge < -0.3 is 10.4 Å². The molecule has 3 N–H and O–H groups in total. The van der Waals surface area contributed by atoms with E-state index in [-0.39, 0.29) is 37.1 Å². The maximum atomic E-state index is 13.7. The molecule has 2 aromatic rings. The molecule has 2 saturated heterocycles. The van der Waals surface area contributed by atoms with Crippen LogP contribution in [0.15, 0.2) is 48.5 Å². The third-order valence-corrected chi connectivity index (χ3v) is 7.19. The molecule has 0 aromatic heterocycles.